The van der Waals surface area contributed by atoms with E-state index in [0.717, 1.165) is 6.54 Å². The number of rotatable bonds is 5. The molecule has 0 aromatic rings. The molecule has 0 radical (unpaired) electrons. The van der Waals surface area contributed by atoms with E-state index in [1.165, 1.54) is 25.7 Å². The molecule has 0 heterocycles. The highest BCUT2D eigenvalue weighted by Gasteiger charge is 2.28. The van der Waals surface area contributed by atoms with Crippen LogP contribution in [0.1, 0.15) is 32.6 Å². The molecule has 1 aliphatic carbocycles. The van der Waals surface area contributed by atoms with Crippen LogP contribution in [0.2, 0.25) is 0 Å². The first-order valence-electron chi connectivity index (χ1n) is 5.01. The summed E-state index contributed by atoms with van der Waals surface area (Å²) in [5, 5.41) is 3.51. The molecule has 78 valence electrons. The maximum Gasteiger partial charge on any atom is 0.169 e. The second kappa shape index (κ2) is 4.94. The maximum absolute atomic E-state index is 5.12. The molecule has 13 heavy (non-hydrogen) atoms. The van der Waals surface area contributed by atoms with Gasteiger partial charge in [-0.25, -0.2) is 0 Å². The van der Waals surface area contributed by atoms with Gasteiger partial charge in [0, 0.05) is 26.3 Å². The van der Waals surface area contributed by atoms with E-state index in [9.17, 15) is 0 Å². The normalized spacial score (nSPS) is 21.2. The van der Waals surface area contributed by atoms with Crippen molar-refractivity contribution in [2.24, 2.45) is 0 Å². The van der Waals surface area contributed by atoms with Gasteiger partial charge < -0.3 is 14.8 Å². The molecule has 0 saturated heterocycles. The average Bonchev–Trinajstić information content (AvgIpc) is 2.55. The van der Waals surface area contributed by atoms with Crippen molar-refractivity contribution in [3.05, 3.63) is 0 Å². The van der Waals surface area contributed by atoms with E-state index >= 15 is 0 Å². The predicted octanol–water partition coefficient (Wildman–Crippen LogP) is 1.53. The van der Waals surface area contributed by atoms with Gasteiger partial charge in [-0.3, -0.25) is 0 Å². The fraction of sp³-hybridized carbons (Fsp3) is 1.00. The average molecular weight is 187 g/mol. The van der Waals surface area contributed by atoms with Gasteiger partial charge in [-0.1, -0.05) is 12.8 Å². The summed E-state index contributed by atoms with van der Waals surface area (Å²) in [5.41, 5.74) is 0.315. The lowest BCUT2D eigenvalue weighted by molar-refractivity contribution is -0.102. The first-order valence-corrected chi connectivity index (χ1v) is 5.01. The fourth-order valence-corrected chi connectivity index (χ4v) is 1.92. The number of ether oxygens (including phenoxy) is 2. The summed E-state index contributed by atoms with van der Waals surface area (Å²) in [6, 6.07) is 0. The van der Waals surface area contributed by atoms with Gasteiger partial charge in [0.05, 0.1) is 0 Å². The number of nitrogens with one attached hydrogen (secondary N) is 1. The van der Waals surface area contributed by atoms with Crippen LogP contribution in [-0.4, -0.2) is 32.6 Å². The lowest BCUT2D eigenvalue weighted by Crippen LogP contribution is -2.44. The summed E-state index contributed by atoms with van der Waals surface area (Å²) in [7, 11) is 3.35. The standard InChI is InChI=1S/C10H21NO2/c1-10(6-4-5-7-10)11-8-9(12-2)13-3/h9,11H,4-8H2,1-3H3. The molecular weight excluding hydrogens is 166 g/mol. The van der Waals surface area contributed by atoms with E-state index in [1.54, 1.807) is 14.2 Å². The minimum Gasteiger partial charge on any atom is -0.355 e. The highest BCUT2D eigenvalue weighted by molar-refractivity contribution is 4.88. The monoisotopic (exact) mass is 187 g/mol. The van der Waals surface area contributed by atoms with Crippen LogP contribution in [0, 0.1) is 0 Å². The highest BCUT2D eigenvalue weighted by Crippen LogP contribution is 2.28. The molecule has 1 aliphatic rings. The van der Waals surface area contributed by atoms with Crippen LogP contribution in [0.5, 0.6) is 0 Å². The molecule has 3 nitrogen and oxygen atoms in total. The van der Waals surface area contributed by atoms with Crippen LogP contribution < -0.4 is 5.32 Å². The Balaban J connectivity index is 2.23. The zero-order valence-corrected chi connectivity index (χ0v) is 8.93. The second-order valence-corrected chi connectivity index (χ2v) is 4.05. The molecule has 0 spiro atoms. The number of hydrogen-bond acceptors (Lipinski definition) is 3. The van der Waals surface area contributed by atoms with E-state index in [1.807, 2.05) is 0 Å². The summed E-state index contributed by atoms with van der Waals surface area (Å²) in [6.07, 6.45) is 5.11. The molecule has 1 N–H and O–H groups in total. The smallest absolute Gasteiger partial charge is 0.169 e. The van der Waals surface area contributed by atoms with Crippen molar-refractivity contribution >= 4 is 0 Å². The van der Waals surface area contributed by atoms with Crippen molar-refractivity contribution in [1.29, 1.82) is 0 Å². The third-order valence-corrected chi connectivity index (χ3v) is 2.93. The minimum atomic E-state index is -0.113. The lowest BCUT2D eigenvalue weighted by Gasteiger charge is -2.27. The summed E-state index contributed by atoms with van der Waals surface area (Å²) < 4.78 is 10.2. The van der Waals surface area contributed by atoms with Gasteiger partial charge >= 0.3 is 0 Å². The van der Waals surface area contributed by atoms with Crippen molar-refractivity contribution < 1.29 is 9.47 Å². The van der Waals surface area contributed by atoms with Gasteiger partial charge in [0.15, 0.2) is 6.29 Å². The van der Waals surface area contributed by atoms with E-state index < -0.39 is 0 Å². The first kappa shape index (κ1) is 11.0. The van der Waals surface area contributed by atoms with Crippen LogP contribution in [-0.2, 0) is 9.47 Å². The molecule has 0 amide bonds. The minimum absolute atomic E-state index is 0.113. The van der Waals surface area contributed by atoms with Gasteiger partial charge in [-0.05, 0) is 19.8 Å². The van der Waals surface area contributed by atoms with Crippen molar-refractivity contribution in [2.45, 2.75) is 44.4 Å². The van der Waals surface area contributed by atoms with Gasteiger partial charge in [-0.2, -0.15) is 0 Å². The number of hydrogen-bond donors (Lipinski definition) is 1. The van der Waals surface area contributed by atoms with Crippen LogP contribution in [0.15, 0.2) is 0 Å². The summed E-state index contributed by atoms with van der Waals surface area (Å²) >= 11 is 0. The van der Waals surface area contributed by atoms with Crippen LogP contribution >= 0.6 is 0 Å². The van der Waals surface area contributed by atoms with Crippen molar-refractivity contribution in [1.82, 2.24) is 5.32 Å². The largest absolute Gasteiger partial charge is 0.355 e. The lowest BCUT2D eigenvalue weighted by atomic mass is 10.0. The third kappa shape index (κ3) is 3.25. The summed E-state index contributed by atoms with van der Waals surface area (Å²) in [4.78, 5) is 0. The molecule has 0 aromatic carbocycles. The van der Waals surface area contributed by atoms with E-state index in [2.05, 4.69) is 12.2 Å². The van der Waals surface area contributed by atoms with Crippen LogP contribution in [0.25, 0.3) is 0 Å². The Morgan fingerprint density at radius 1 is 1.23 bits per heavy atom. The first-order chi connectivity index (χ1) is 6.20. The zero-order chi connectivity index (χ0) is 9.73. The van der Waals surface area contributed by atoms with Gasteiger partial charge in [-0.15, -0.1) is 0 Å². The molecular formula is C10H21NO2. The molecule has 0 atom stereocenters. The highest BCUT2D eigenvalue weighted by atomic mass is 16.7. The third-order valence-electron chi connectivity index (χ3n) is 2.93. The zero-order valence-electron chi connectivity index (χ0n) is 8.93. The number of methoxy groups -OCH3 is 2. The quantitative estimate of drug-likeness (QED) is 0.662. The molecule has 1 fully saturated rings. The maximum atomic E-state index is 5.12. The second-order valence-electron chi connectivity index (χ2n) is 4.05. The topological polar surface area (TPSA) is 30.5 Å². The van der Waals surface area contributed by atoms with Crippen molar-refractivity contribution in [3.63, 3.8) is 0 Å². The predicted molar refractivity (Wildman–Crippen MR) is 52.7 cm³/mol. The Labute approximate surface area is 80.8 Å². The van der Waals surface area contributed by atoms with E-state index in [-0.39, 0.29) is 6.29 Å². The molecule has 1 saturated carbocycles. The Hall–Kier alpha value is -0.120. The molecule has 3 heteroatoms. The van der Waals surface area contributed by atoms with Crippen LogP contribution in [0.4, 0.5) is 0 Å². The van der Waals surface area contributed by atoms with Crippen molar-refractivity contribution in [2.75, 3.05) is 20.8 Å². The molecule has 0 bridgehead atoms. The van der Waals surface area contributed by atoms with Gasteiger partial charge in [0.1, 0.15) is 0 Å². The Kier molecular flexibility index (Phi) is 4.16. The Morgan fingerprint density at radius 3 is 2.23 bits per heavy atom. The fourth-order valence-electron chi connectivity index (χ4n) is 1.92. The van der Waals surface area contributed by atoms with Crippen LogP contribution in [0.3, 0.4) is 0 Å². The van der Waals surface area contributed by atoms with E-state index in [0.29, 0.717) is 5.54 Å². The van der Waals surface area contributed by atoms with Gasteiger partial charge in [0.2, 0.25) is 0 Å². The Bertz CT molecular complexity index is 140. The van der Waals surface area contributed by atoms with Crippen molar-refractivity contribution in [3.8, 4) is 0 Å². The SMILES string of the molecule is COC(CNC1(C)CCCC1)OC. The summed E-state index contributed by atoms with van der Waals surface area (Å²) in [6.45, 7) is 3.06. The molecule has 0 unspecified atom stereocenters. The molecule has 0 aliphatic heterocycles. The Morgan fingerprint density at radius 2 is 1.77 bits per heavy atom. The van der Waals surface area contributed by atoms with E-state index in [4.69, 9.17) is 9.47 Å². The molecule has 1 rings (SSSR count). The van der Waals surface area contributed by atoms with Gasteiger partial charge in [0.25, 0.3) is 0 Å². The molecule has 0 aromatic heterocycles. The summed E-state index contributed by atoms with van der Waals surface area (Å²) in [5.74, 6) is 0.